The lowest BCUT2D eigenvalue weighted by molar-refractivity contribution is -0.138. The number of pyridine rings is 1. The van der Waals surface area contributed by atoms with Crippen LogP contribution in [0.15, 0.2) is 18.5 Å². The summed E-state index contributed by atoms with van der Waals surface area (Å²) in [6.07, 6.45) is 7.43. The van der Waals surface area contributed by atoms with Crippen LogP contribution in [0.5, 0.6) is 0 Å². The maximum Gasteiger partial charge on any atom is 0.326 e. The number of aryl methyl sites for hydroxylation is 1. The first-order chi connectivity index (χ1) is 8.20. The van der Waals surface area contributed by atoms with Crippen LogP contribution in [-0.2, 0) is 4.79 Å². The fraction of sp³-hybridized carbons (Fsp3) is 0.538. The van der Waals surface area contributed by atoms with E-state index in [0.29, 0.717) is 0 Å². The Kier molecular flexibility index (Phi) is 3.61. The van der Waals surface area contributed by atoms with Crippen molar-refractivity contribution in [1.82, 2.24) is 4.98 Å². The summed E-state index contributed by atoms with van der Waals surface area (Å²) in [6, 6.07) is 1.52. The monoisotopic (exact) mass is 234 g/mol. The molecule has 1 aromatic heterocycles. The largest absolute Gasteiger partial charge is 0.480 e. The third-order valence-electron chi connectivity index (χ3n) is 3.34. The molecule has 4 heteroatoms. The summed E-state index contributed by atoms with van der Waals surface area (Å²) >= 11 is 0. The van der Waals surface area contributed by atoms with Gasteiger partial charge in [0.15, 0.2) is 0 Å². The number of hydrogen-bond donors (Lipinski definition) is 1. The molecule has 1 unspecified atom stereocenters. The van der Waals surface area contributed by atoms with Gasteiger partial charge in [-0.15, -0.1) is 0 Å². The third kappa shape index (κ3) is 2.57. The average Bonchev–Trinajstić information content (AvgIpc) is 2.55. The molecule has 0 aromatic carbocycles. The zero-order valence-electron chi connectivity index (χ0n) is 10.1. The topological polar surface area (TPSA) is 53.4 Å². The minimum atomic E-state index is -0.719. The van der Waals surface area contributed by atoms with Crippen molar-refractivity contribution in [3.63, 3.8) is 0 Å². The van der Waals surface area contributed by atoms with Crippen molar-refractivity contribution in [2.24, 2.45) is 0 Å². The van der Waals surface area contributed by atoms with Gasteiger partial charge in [0.2, 0.25) is 0 Å². The van der Waals surface area contributed by atoms with Gasteiger partial charge in [-0.2, -0.15) is 0 Å². The molecule has 1 atom stereocenters. The number of carboxylic acids is 1. The van der Waals surface area contributed by atoms with Crippen LogP contribution in [0.4, 0.5) is 5.69 Å². The average molecular weight is 234 g/mol. The van der Waals surface area contributed by atoms with Crippen LogP contribution >= 0.6 is 0 Å². The van der Waals surface area contributed by atoms with Crippen molar-refractivity contribution < 1.29 is 9.90 Å². The van der Waals surface area contributed by atoms with Gasteiger partial charge in [-0.25, -0.2) is 4.79 Å². The molecule has 1 N–H and O–H groups in total. The smallest absolute Gasteiger partial charge is 0.326 e. The number of carbonyl (C=O) groups is 1. The summed E-state index contributed by atoms with van der Waals surface area (Å²) in [5.41, 5.74) is 2.05. The fourth-order valence-electron chi connectivity index (χ4n) is 2.44. The first-order valence-electron chi connectivity index (χ1n) is 6.10. The van der Waals surface area contributed by atoms with E-state index in [1.807, 2.05) is 17.9 Å². The number of hydrogen-bond acceptors (Lipinski definition) is 3. The predicted octanol–water partition coefficient (Wildman–Crippen LogP) is 2.22. The Labute approximate surface area is 101 Å². The van der Waals surface area contributed by atoms with E-state index < -0.39 is 12.0 Å². The van der Waals surface area contributed by atoms with E-state index in [9.17, 15) is 9.90 Å². The fourth-order valence-corrected chi connectivity index (χ4v) is 2.44. The summed E-state index contributed by atoms with van der Waals surface area (Å²) in [6.45, 7) is 2.80. The quantitative estimate of drug-likeness (QED) is 0.852. The van der Waals surface area contributed by atoms with Crippen LogP contribution in [0.1, 0.15) is 31.2 Å². The summed E-state index contributed by atoms with van der Waals surface area (Å²) in [4.78, 5) is 17.4. The molecule has 2 heterocycles. The minimum Gasteiger partial charge on any atom is -0.480 e. The molecule has 4 nitrogen and oxygen atoms in total. The van der Waals surface area contributed by atoms with E-state index in [1.54, 1.807) is 12.4 Å². The molecule has 1 aromatic rings. The highest BCUT2D eigenvalue weighted by atomic mass is 16.4. The summed E-state index contributed by atoms with van der Waals surface area (Å²) in [5, 5.41) is 9.33. The summed E-state index contributed by atoms with van der Waals surface area (Å²) < 4.78 is 0. The zero-order chi connectivity index (χ0) is 12.3. The maximum atomic E-state index is 11.3. The lowest BCUT2D eigenvalue weighted by atomic mass is 10.1. The van der Waals surface area contributed by atoms with Gasteiger partial charge in [-0.05, 0) is 31.4 Å². The first kappa shape index (κ1) is 11.9. The molecule has 17 heavy (non-hydrogen) atoms. The maximum absolute atomic E-state index is 11.3. The third-order valence-corrected chi connectivity index (χ3v) is 3.34. The second-order valence-electron chi connectivity index (χ2n) is 4.56. The van der Waals surface area contributed by atoms with Gasteiger partial charge in [-0.3, -0.25) is 4.98 Å². The molecule has 92 valence electrons. The molecular formula is C13H18N2O2. The Hall–Kier alpha value is -1.58. The van der Waals surface area contributed by atoms with Crippen LogP contribution in [0.25, 0.3) is 0 Å². The molecule has 0 amide bonds. The molecule has 0 radical (unpaired) electrons. The van der Waals surface area contributed by atoms with Crippen LogP contribution in [0, 0.1) is 6.92 Å². The van der Waals surface area contributed by atoms with E-state index >= 15 is 0 Å². The van der Waals surface area contributed by atoms with E-state index in [-0.39, 0.29) is 0 Å². The molecule has 0 spiro atoms. The SMILES string of the molecule is Cc1cnccc1N1CCCCCC1C(=O)O. The van der Waals surface area contributed by atoms with Crippen LogP contribution in [-0.4, -0.2) is 28.6 Å². The van der Waals surface area contributed by atoms with Crippen molar-refractivity contribution in [3.8, 4) is 0 Å². The van der Waals surface area contributed by atoms with Crippen molar-refractivity contribution in [2.75, 3.05) is 11.4 Å². The van der Waals surface area contributed by atoms with E-state index in [0.717, 1.165) is 43.5 Å². The van der Waals surface area contributed by atoms with Gasteiger partial charge >= 0.3 is 5.97 Å². The molecule has 1 fully saturated rings. The normalized spacial score (nSPS) is 21.0. The molecule has 0 saturated carbocycles. The Balaban J connectivity index is 2.32. The summed E-state index contributed by atoms with van der Waals surface area (Å²) in [7, 11) is 0. The Morgan fingerprint density at radius 1 is 1.47 bits per heavy atom. The molecule has 0 bridgehead atoms. The van der Waals surface area contributed by atoms with E-state index in [1.165, 1.54) is 0 Å². The van der Waals surface area contributed by atoms with Gasteiger partial charge in [-0.1, -0.05) is 12.8 Å². The van der Waals surface area contributed by atoms with Gasteiger partial charge in [0.05, 0.1) is 0 Å². The number of aromatic nitrogens is 1. The Morgan fingerprint density at radius 2 is 2.29 bits per heavy atom. The van der Waals surface area contributed by atoms with Gasteiger partial charge in [0.25, 0.3) is 0 Å². The highest BCUT2D eigenvalue weighted by Crippen LogP contribution is 2.26. The second kappa shape index (κ2) is 5.17. The van der Waals surface area contributed by atoms with Crippen molar-refractivity contribution >= 4 is 11.7 Å². The van der Waals surface area contributed by atoms with Gasteiger partial charge in [0, 0.05) is 24.6 Å². The number of aliphatic carboxylic acids is 1. The number of carboxylic acid groups (broad SMARTS) is 1. The van der Waals surface area contributed by atoms with Crippen molar-refractivity contribution in [1.29, 1.82) is 0 Å². The lowest BCUT2D eigenvalue weighted by Crippen LogP contribution is -2.41. The van der Waals surface area contributed by atoms with E-state index in [2.05, 4.69) is 4.98 Å². The number of anilines is 1. The van der Waals surface area contributed by atoms with Crippen molar-refractivity contribution in [3.05, 3.63) is 24.0 Å². The van der Waals surface area contributed by atoms with Gasteiger partial charge in [0.1, 0.15) is 6.04 Å². The Bertz CT molecular complexity index is 406. The number of nitrogens with zero attached hydrogens (tertiary/aromatic N) is 2. The predicted molar refractivity (Wildman–Crippen MR) is 66.2 cm³/mol. The molecule has 1 aliphatic rings. The highest BCUT2D eigenvalue weighted by Gasteiger charge is 2.27. The molecule has 2 rings (SSSR count). The second-order valence-corrected chi connectivity index (χ2v) is 4.56. The van der Waals surface area contributed by atoms with Crippen molar-refractivity contribution in [2.45, 2.75) is 38.6 Å². The molecule has 1 aliphatic heterocycles. The van der Waals surface area contributed by atoms with Crippen LogP contribution < -0.4 is 4.90 Å². The van der Waals surface area contributed by atoms with E-state index in [4.69, 9.17) is 0 Å². The van der Waals surface area contributed by atoms with Crippen LogP contribution in [0.3, 0.4) is 0 Å². The van der Waals surface area contributed by atoms with Gasteiger partial charge < -0.3 is 10.0 Å². The zero-order valence-corrected chi connectivity index (χ0v) is 10.1. The first-order valence-corrected chi connectivity index (χ1v) is 6.10. The minimum absolute atomic E-state index is 0.390. The standard InChI is InChI=1S/C13H18N2O2/c1-10-9-14-7-6-11(10)15-8-4-2-3-5-12(15)13(16)17/h6-7,9,12H,2-5,8H2,1H3,(H,16,17). The number of rotatable bonds is 2. The highest BCUT2D eigenvalue weighted by molar-refractivity contribution is 5.78. The molecular weight excluding hydrogens is 216 g/mol. The Morgan fingerprint density at radius 3 is 3.00 bits per heavy atom. The lowest BCUT2D eigenvalue weighted by Gasteiger charge is -2.30. The molecule has 1 saturated heterocycles. The summed E-state index contributed by atoms with van der Waals surface area (Å²) in [5.74, 6) is -0.719. The molecule has 0 aliphatic carbocycles. The van der Waals surface area contributed by atoms with Crippen LogP contribution in [0.2, 0.25) is 0 Å².